The van der Waals surface area contributed by atoms with Crippen LogP contribution in [0.1, 0.15) is 21.5 Å². The van der Waals surface area contributed by atoms with Gasteiger partial charge in [-0.25, -0.2) is 0 Å². The van der Waals surface area contributed by atoms with Gasteiger partial charge in [0.2, 0.25) is 5.91 Å². The molecule has 7 heteroatoms. The van der Waals surface area contributed by atoms with Gasteiger partial charge in [0.25, 0.3) is 5.91 Å². The van der Waals surface area contributed by atoms with E-state index in [9.17, 15) is 9.59 Å². The molecule has 4 aromatic rings. The Balaban J connectivity index is 1.47. The molecule has 0 saturated carbocycles. The molecule has 0 fully saturated rings. The molecule has 1 heterocycles. The number of carbonyl (C=O) groups is 2. The molecule has 0 aliphatic rings. The summed E-state index contributed by atoms with van der Waals surface area (Å²) in [6.07, 6.45) is 3.72. The minimum absolute atomic E-state index is 0.319. The van der Waals surface area contributed by atoms with Crippen LogP contribution in [0.15, 0.2) is 97.3 Å². The van der Waals surface area contributed by atoms with Crippen LogP contribution in [-0.2, 0) is 17.8 Å². The number of benzene rings is 3. The normalized spacial score (nSPS) is 11.5. The molecule has 166 valence electrons. The van der Waals surface area contributed by atoms with Crippen molar-refractivity contribution in [2.75, 3.05) is 5.32 Å². The van der Waals surface area contributed by atoms with Crippen LogP contribution in [0.25, 0.3) is 0 Å². The van der Waals surface area contributed by atoms with Crippen molar-refractivity contribution < 1.29 is 9.59 Å². The van der Waals surface area contributed by atoms with Gasteiger partial charge in [-0.3, -0.25) is 14.3 Å². The average molecular weight is 459 g/mol. The zero-order valence-corrected chi connectivity index (χ0v) is 18.6. The molecule has 33 heavy (non-hydrogen) atoms. The lowest BCUT2D eigenvalue weighted by molar-refractivity contribution is -0.118. The number of amides is 2. The number of halogens is 1. The molecular weight excluding hydrogens is 436 g/mol. The molecule has 0 aliphatic carbocycles. The first-order chi connectivity index (χ1) is 16.1. The Kier molecular flexibility index (Phi) is 7.17. The molecule has 1 aromatic heterocycles. The van der Waals surface area contributed by atoms with Crippen molar-refractivity contribution in [3.05, 3.63) is 119 Å². The highest BCUT2D eigenvalue weighted by Gasteiger charge is 2.22. The standard InChI is InChI=1S/C26H23ClN4O2/c27-22-13-11-21(12-14-22)25(32)30-24(15-19-7-3-1-4-8-19)26(33)29-23-16-28-31(18-23)17-20-9-5-2-6-10-20/h1-14,16,18,24H,15,17H2,(H,29,33)(H,30,32). The Labute approximate surface area is 197 Å². The highest BCUT2D eigenvalue weighted by atomic mass is 35.5. The summed E-state index contributed by atoms with van der Waals surface area (Å²) >= 11 is 5.92. The third-order valence-corrected chi connectivity index (χ3v) is 5.35. The van der Waals surface area contributed by atoms with Crippen molar-refractivity contribution in [3.63, 3.8) is 0 Å². The summed E-state index contributed by atoms with van der Waals surface area (Å²) < 4.78 is 1.75. The highest BCUT2D eigenvalue weighted by Crippen LogP contribution is 2.13. The fourth-order valence-electron chi connectivity index (χ4n) is 3.42. The number of rotatable bonds is 8. The fraction of sp³-hybridized carbons (Fsp3) is 0.115. The fourth-order valence-corrected chi connectivity index (χ4v) is 3.54. The van der Waals surface area contributed by atoms with E-state index >= 15 is 0 Å². The lowest BCUT2D eigenvalue weighted by Gasteiger charge is -2.18. The maximum Gasteiger partial charge on any atom is 0.251 e. The van der Waals surface area contributed by atoms with Crippen LogP contribution in [0.4, 0.5) is 5.69 Å². The summed E-state index contributed by atoms with van der Waals surface area (Å²) in [5, 5.41) is 10.6. The second-order valence-corrected chi connectivity index (χ2v) is 8.06. The van der Waals surface area contributed by atoms with Crippen LogP contribution in [0.5, 0.6) is 0 Å². The Morgan fingerprint density at radius 2 is 1.52 bits per heavy atom. The summed E-state index contributed by atoms with van der Waals surface area (Å²) in [5.74, 6) is -0.664. The summed E-state index contributed by atoms with van der Waals surface area (Å²) in [7, 11) is 0. The third kappa shape index (κ3) is 6.30. The zero-order chi connectivity index (χ0) is 23.0. The molecule has 1 unspecified atom stereocenters. The maximum absolute atomic E-state index is 13.1. The number of carbonyl (C=O) groups excluding carboxylic acids is 2. The van der Waals surface area contributed by atoms with Gasteiger partial charge in [-0.15, -0.1) is 0 Å². The molecule has 0 radical (unpaired) electrons. The van der Waals surface area contributed by atoms with E-state index in [0.717, 1.165) is 11.1 Å². The molecule has 1 atom stereocenters. The van der Waals surface area contributed by atoms with E-state index in [1.807, 2.05) is 60.7 Å². The molecule has 6 nitrogen and oxygen atoms in total. The molecule has 3 aromatic carbocycles. The van der Waals surface area contributed by atoms with Gasteiger partial charge in [-0.1, -0.05) is 72.3 Å². The summed E-state index contributed by atoms with van der Waals surface area (Å²) in [6, 6.07) is 25.3. The van der Waals surface area contributed by atoms with E-state index < -0.39 is 6.04 Å². The van der Waals surface area contributed by atoms with Gasteiger partial charge in [0.1, 0.15) is 6.04 Å². The van der Waals surface area contributed by atoms with E-state index in [0.29, 0.717) is 29.2 Å². The number of nitrogens with one attached hydrogen (secondary N) is 2. The molecule has 0 spiro atoms. The van der Waals surface area contributed by atoms with E-state index in [4.69, 9.17) is 11.6 Å². The smallest absolute Gasteiger partial charge is 0.251 e. The molecular formula is C26H23ClN4O2. The summed E-state index contributed by atoms with van der Waals surface area (Å²) in [5.41, 5.74) is 3.04. The van der Waals surface area contributed by atoms with Crippen LogP contribution in [0, 0.1) is 0 Å². The van der Waals surface area contributed by atoms with Gasteiger partial charge in [0.05, 0.1) is 18.4 Å². The van der Waals surface area contributed by atoms with Crippen LogP contribution >= 0.6 is 11.6 Å². The van der Waals surface area contributed by atoms with Crippen molar-refractivity contribution >= 4 is 29.1 Å². The van der Waals surface area contributed by atoms with Crippen molar-refractivity contribution in [1.29, 1.82) is 0 Å². The Bertz CT molecular complexity index is 1210. The van der Waals surface area contributed by atoms with Crippen LogP contribution in [0.2, 0.25) is 5.02 Å². The second-order valence-electron chi connectivity index (χ2n) is 7.62. The van der Waals surface area contributed by atoms with Gasteiger partial charge in [0, 0.05) is 23.2 Å². The number of hydrogen-bond donors (Lipinski definition) is 2. The summed E-state index contributed by atoms with van der Waals surface area (Å²) in [6.45, 7) is 0.595. The minimum Gasteiger partial charge on any atom is -0.340 e. The molecule has 4 rings (SSSR count). The molecule has 2 amide bonds. The largest absolute Gasteiger partial charge is 0.340 e. The van der Waals surface area contributed by atoms with E-state index in [-0.39, 0.29) is 11.8 Å². The number of hydrogen-bond acceptors (Lipinski definition) is 3. The first-order valence-electron chi connectivity index (χ1n) is 10.5. The highest BCUT2D eigenvalue weighted by molar-refractivity contribution is 6.30. The van der Waals surface area contributed by atoms with E-state index in [2.05, 4.69) is 15.7 Å². The molecule has 2 N–H and O–H groups in total. The first kappa shape index (κ1) is 22.3. The van der Waals surface area contributed by atoms with Gasteiger partial charge >= 0.3 is 0 Å². The zero-order valence-electron chi connectivity index (χ0n) is 17.8. The molecule has 0 bridgehead atoms. The second kappa shape index (κ2) is 10.6. The van der Waals surface area contributed by atoms with Gasteiger partial charge in [0.15, 0.2) is 0 Å². The number of aromatic nitrogens is 2. The summed E-state index contributed by atoms with van der Waals surface area (Å²) in [4.78, 5) is 25.9. The Morgan fingerprint density at radius 3 is 2.18 bits per heavy atom. The van der Waals surface area contributed by atoms with Gasteiger partial charge in [-0.05, 0) is 35.4 Å². The maximum atomic E-state index is 13.1. The Morgan fingerprint density at radius 1 is 0.879 bits per heavy atom. The third-order valence-electron chi connectivity index (χ3n) is 5.10. The van der Waals surface area contributed by atoms with Crippen molar-refractivity contribution in [2.24, 2.45) is 0 Å². The quantitative estimate of drug-likeness (QED) is 0.406. The molecule has 0 saturated heterocycles. The average Bonchev–Trinajstić information content (AvgIpc) is 3.27. The molecule has 0 aliphatic heterocycles. The van der Waals surface area contributed by atoms with Crippen LogP contribution in [0.3, 0.4) is 0 Å². The van der Waals surface area contributed by atoms with Crippen molar-refractivity contribution in [2.45, 2.75) is 19.0 Å². The van der Waals surface area contributed by atoms with Gasteiger partial charge < -0.3 is 10.6 Å². The van der Waals surface area contributed by atoms with Crippen molar-refractivity contribution in [1.82, 2.24) is 15.1 Å². The number of nitrogens with zero attached hydrogens (tertiary/aromatic N) is 2. The Hall–Kier alpha value is -3.90. The SMILES string of the molecule is O=C(NC(Cc1ccccc1)C(=O)Nc1cnn(Cc2ccccc2)c1)c1ccc(Cl)cc1. The van der Waals surface area contributed by atoms with E-state index in [1.165, 1.54) is 0 Å². The predicted molar refractivity (Wildman–Crippen MR) is 129 cm³/mol. The van der Waals surface area contributed by atoms with Crippen LogP contribution in [-0.4, -0.2) is 27.6 Å². The minimum atomic E-state index is -0.770. The monoisotopic (exact) mass is 458 g/mol. The predicted octanol–water partition coefficient (Wildman–Crippen LogP) is 4.56. The topological polar surface area (TPSA) is 76.0 Å². The first-order valence-corrected chi connectivity index (χ1v) is 10.9. The van der Waals surface area contributed by atoms with Crippen molar-refractivity contribution in [3.8, 4) is 0 Å². The number of anilines is 1. The van der Waals surface area contributed by atoms with Crippen LogP contribution < -0.4 is 10.6 Å². The van der Waals surface area contributed by atoms with E-state index in [1.54, 1.807) is 41.3 Å². The lowest BCUT2D eigenvalue weighted by atomic mass is 10.0. The lowest BCUT2D eigenvalue weighted by Crippen LogP contribution is -2.45. The van der Waals surface area contributed by atoms with Gasteiger partial charge in [-0.2, -0.15) is 5.10 Å².